The molecular formula is C13H16N2O2. The molecule has 4 heteroatoms. The largest absolute Gasteiger partial charge is 0.345 e. The van der Waals surface area contributed by atoms with Crippen molar-refractivity contribution in [2.45, 2.75) is 31.8 Å². The van der Waals surface area contributed by atoms with Crippen LogP contribution in [0.4, 0.5) is 0 Å². The second-order valence-electron chi connectivity index (χ2n) is 4.35. The van der Waals surface area contributed by atoms with Gasteiger partial charge >= 0.3 is 11.8 Å². The van der Waals surface area contributed by atoms with Gasteiger partial charge in [-0.15, -0.1) is 0 Å². The fourth-order valence-electron chi connectivity index (χ4n) is 1.57. The molecule has 1 aliphatic rings. The lowest BCUT2D eigenvalue weighted by molar-refractivity contribution is -0.139. The summed E-state index contributed by atoms with van der Waals surface area (Å²) in [7, 11) is 0. The lowest BCUT2D eigenvalue weighted by Crippen LogP contribution is -2.41. The van der Waals surface area contributed by atoms with Gasteiger partial charge in [0.15, 0.2) is 0 Å². The van der Waals surface area contributed by atoms with Crippen LogP contribution in [0.25, 0.3) is 0 Å². The highest BCUT2D eigenvalue weighted by Gasteiger charge is 2.26. The topological polar surface area (TPSA) is 58.2 Å². The van der Waals surface area contributed by atoms with Crippen LogP contribution >= 0.6 is 0 Å². The highest BCUT2D eigenvalue weighted by atomic mass is 16.2. The smallest absolute Gasteiger partial charge is 0.309 e. The third-order valence-corrected chi connectivity index (χ3v) is 2.77. The minimum atomic E-state index is -0.562. The predicted molar refractivity (Wildman–Crippen MR) is 64.2 cm³/mol. The van der Waals surface area contributed by atoms with Crippen molar-refractivity contribution in [2.75, 3.05) is 0 Å². The highest BCUT2D eigenvalue weighted by molar-refractivity contribution is 6.35. The van der Waals surface area contributed by atoms with E-state index in [0.717, 1.165) is 18.4 Å². The number of hydrogen-bond donors (Lipinski definition) is 2. The van der Waals surface area contributed by atoms with E-state index in [2.05, 4.69) is 10.6 Å². The van der Waals surface area contributed by atoms with Gasteiger partial charge in [-0.25, -0.2) is 0 Å². The molecule has 17 heavy (non-hydrogen) atoms. The first-order chi connectivity index (χ1) is 8.16. The molecule has 0 unspecified atom stereocenters. The fraction of sp³-hybridized carbons (Fsp3) is 0.385. The van der Waals surface area contributed by atoms with Gasteiger partial charge in [0.1, 0.15) is 0 Å². The second kappa shape index (κ2) is 4.99. The lowest BCUT2D eigenvalue weighted by atomic mass is 10.1. The van der Waals surface area contributed by atoms with Crippen LogP contribution < -0.4 is 10.6 Å². The summed E-state index contributed by atoms with van der Waals surface area (Å²) in [5, 5.41) is 5.34. The molecule has 2 rings (SSSR count). The number of carbonyl (C=O) groups is 2. The normalized spacial score (nSPS) is 16.1. The first kappa shape index (κ1) is 11.6. The maximum Gasteiger partial charge on any atom is 0.309 e. The average Bonchev–Trinajstić information content (AvgIpc) is 3.14. The maximum absolute atomic E-state index is 11.6. The van der Waals surface area contributed by atoms with Gasteiger partial charge in [0.2, 0.25) is 0 Å². The minimum Gasteiger partial charge on any atom is -0.345 e. The zero-order valence-corrected chi connectivity index (χ0v) is 9.77. The van der Waals surface area contributed by atoms with E-state index in [4.69, 9.17) is 0 Å². The van der Waals surface area contributed by atoms with Crippen molar-refractivity contribution < 1.29 is 9.59 Å². The van der Waals surface area contributed by atoms with E-state index in [-0.39, 0.29) is 12.1 Å². The van der Waals surface area contributed by atoms with Crippen molar-refractivity contribution in [1.82, 2.24) is 10.6 Å². The zero-order valence-electron chi connectivity index (χ0n) is 9.77. The van der Waals surface area contributed by atoms with Gasteiger partial charge in [-0.2, -0.15) is 0 Å². The van der Waals surface area contributed by atoms with E-state index in [0.29, 0.717) is 0 Å². The van der Waals surface area contributed by atoms with E-state index in [9.17, 15) is 9.59 Å². The Kier molecular flexibility index (Phi) is 3.42. The second-order valence-corrected chi connectivity index (χ2v) is 4.35. The third-order valence-electron chi connectivity index (χ3n) is 2.77. The summed E-state index contributed by atoms with van der Waals surface area (Å²) >= 11 is 0. The van der Waals surface area contributed by atoms with E-state index >= 15 is 0 Å². The van der Waals surface area contributed by atoms with Crippen LogP contribution in [-0.4, -0.2) is 17.9 Å². The quantitative estimate of drug-likeness (QED) is 0.768. The van der Waals surface area contributed by atoms with Crippen LogP contribution in [0, 0.1) is 0 Å². The van der Waals surface area contributed by atoms with Gasteiger partial charge in [-0.05, 0) is 25.3 Å². The molecule has 1 fully saturated rings. The molecule has 0 aliphatic heterocycles. The zero-order chi connectivity index (χ0) is 12.3. The first-order valence-corrected chi connectivity index (χ1v) is 5.83. The summed E-state index contributed by atoms with van der Waals surface area (Å²) in [4.78, 5) is 23.0. The van der Waals surface area contributed by atoms with Crippen molar-refractivity contribution in [1.29, 1.82) is 0 Å². The van der Waals surface area contributed by atoms with E-state index < -0.39 is 11.8 Å². The van der Waals surface area contributed by atoms with Gasteiger partial charge < -0.3 is 10.6 Å². The number of amides is 2. The summed E-state index contributed by atoms with van der Waals surface area (Å²) in [5.74, 6) is -1.09. The Morgan fingerprint density at radius 1 is 1.18 bits per heavy atom. The Balaban J connectivity index is 1.87. The Hall–Kier alpha value is -1.84. The van der Waals surface area contributed by atoms with Gasteiger partial charge in [-0.3, -0.25) is 9.59 Å². The van der Waals surface area contributed by atoms with Gasteiger partial charge in [0, 0.05) is 6.04 Å². The molecule has 1 aromatic carbocycles. The number of nitrogens with one attached hydrogen (secondary N) is 2. The summed E-state index contributed by atoms with van der Waals surface area (Å²) in [6, 6.07) is 9.62. The van der Waals surface area contributed by atoms with Crippen LogP contribution in [0.5, 0.6) is 0 Å². The average molecular weight is 232 g/mol. The van der Waals surface area contributed by atoms with Crippen molar-refractivity contribution in [2.24, 2.45) is 0 Å². The van der Waals surface area contributed by atoms with Crippen LogP contribution in [0.15, 0.2) is 30.3 Å². The lowest BCUT2D eigenvalue weighted by Gasteiger charge is -2.13. The number of rotatable bonds is 3. The Morgan fingerprint density at radius 3 is 2.41 bits per heavy atom. The Morgan fingerprint density at radius 2 is 1.82 bits per heavy atom. The fourth-order valence-corrected chi connectivity index (χ4v) is 1.57. The molecule has 0 saturated heterocycles. The monoisotopic (exact) mass is 232 g/mol. The SMILES string of the molecule is C[C@@H](NC(=O)C(=O)NC1CC1)c1ccccc1. The maximum atomic E-state index is 11.6. The van der Waals surface area contributed by atoms with E-state index in [1.807, 2.05) is 37.3 Å². The predicted octanol–water partition coefficient (Wildman–Crippen LogP) is 1.14. The molecule has 2 amide bonds. The number of carbonyl (C=O) groups excluding carboxylic acids is 2. The molecule has 0 heterocycles. The summed E-state index contributed by atoms with van der Waals surface area (Å²) in [5.41, 5.74) is 0.986. The van der Waals surface area contributed by atoms with Crippen LogP contribution in [0.1, 0.15) is 31.4 Å². The molecule has 0 bridgehead atoms. The number of benzene rings is 1. The van der Waals surface area contributed by atoms with Gasteiger partial charge in [0.05, 0.1) is 6.04 Å². The van der Waals surface area contributed by atoms with Crippen LogP contribution in [-0.2, 0) is 9.59 Å². The molecule has 2 N–H and O–H groups in total. The third kappa shape index (κ3) is 3.31. The standard InChI is InChI=1S/C13H16N2O2/c1-9(10-5-3-2-4-6-10)14-12(16)13(17)15-11-7-8-11/h2-6,9,11H,7-8H2,1H3,(H,14,16)(H,15,17)/t9-/m1/s1. The highest BCUT2D eigenvalue weighted by Crippen LogP contribution is 2.18. The molecule has 90 valence electrons. The summed E-state index contributed by atoms with van der Waals surface area (Å²) in [6.45, 7) is 1.86. The molecule has 1 aromatic rings. The molecular weight excluding hydrogens is 216 g/mol. The van der Waals surface area contributed by atoms with Crippen molar-refractivity contribution in [3.8, 4) is 0 Å². The summed E-state index contributed by atoms with van der Waals surface area (Å²) < 4.78 is 0. The Bertz CT molecular complexity index is 413. The van der Waals surface area contributed by atoms with E-state index in [1.165, 1.54) is 0 Å². The molecule has 1 saturated carbocycles. The minimum absolute atomic E-state index is 0.159. The molecule has 0 radical (unpaired) electrons. The van der Waals surface area contributed by atoms with E-state index in [1.54, 1.807) is 0 Å². The van der Waals surface area contributed by atoms with Crippen LogP contribution in [0.2, 0.25) is 0 Å². The number of hydrogen-bond acceptors (Lipinski definition) is 2. The van der Waals surface area contributed by atoms with Gasteiger partial charge in [0.25, 0.3) is 0 Å². The van der Waals surface area contributed by atoms with Crippen molar-refractivity contribution in [3.63, 3.8) is 0 Å². The Labute approximate surface area is 100 Å². The molecule has 1 aliphatic carbocycles. The molecule has 0 aromatic heterocycles. The van der Waals surface area contributed by atoms with Crippen molar-refractivity contribution >= 4 is 11.8 Å². The molecule has 0 spiro atoms. The van der Waals surface area contributed by atoms with Gasteiger partial charge in [-0.1, -0.05) is 30.3 Å². The molecule has 4 nitrogen and oxygen atoms in total. The summed E-state index contributed by atoms with van der Waals surface area (Å²) in [6.07, 6.45) is 1.96. The molecule has 1 atom stereocenters. The first-order valence-electron chi connectivity index (χ1n) is 5.83. The van der Waals surface area contributed by atoms with Crippen molar-refractivity contribution in [3.05, 3.63) is 35.9 Å². The van der Waals surface area contributed by atoms with Crippen LogP contribution in [0.3, 0.4) is 0 Å².